The van der Waals surface area contributed by atoms with E-state index in [1.54, 1.807) is 4.90 Å². The lowest BCUT2D eigenvalue weighted by Crippen LogP contribution is -2.52. The molecule has 3 aromatic rings. The number of imide groups is 1. The van der Waals surface area contributed by atoms with Gasteiger partial charge in [0, 0.05) is 49.4 Å². The molecule has 2 aromatic heterocycles. The molecule has 0 radical (unpaired) electrons. The van der Waals surface area contributed by atoms with Crippen molar-refractivity contribution in [1.82, 2.24) is 29.8 Å². The molecular weight excluding hydrogens is 420 g/mol. The zero-order valence-electron chi connectivity index (χ0n) is 18.9. The molecule has 1 saturated heterocycles. The maximum absolute atomic E-state index is 13.0. The Kier molecular flexibility index (Phi) is 5.11. The molecule has 1 aromatic carbocycles. The molecule has 1 atom stereocenters. The Morgan fingerprint density at radius 1 is 1.09 bits per heavy atom. The van der Waals surface area contributed by atoms with Crippen LogP contribution in [-0.2, 0) is 29.7 Å². The van der Waals surface area contributed by atoms with Crippen LogP contribution in [0.25, 0.3) is 22.4 Å². The normalized spacial score (nSPS) is 18.2. The van der Waals surface area contributed by atoms with Gasteiger partial charge in [-0.25, -0.2) is 0 Å². The summed E-state index contributed by atoms with van der Waals surface area (Å²) in [6.07, 6.45) is 6.30. The van der Waals surface area contributed by atoms with Crippen LogP contribution in [-0.4, -0.2) is 48.2 Å². The zero-order chi connectivity index (χ0) is 23.3. The highest BCUT2D eigenvalue weighted by Gasteiger charge is 2.39. The molecule has 0 spiro atoms. The maximum Gasteiger partial charge on any atom is 0.255 e. The lowest BCUT2D eigenvalue weighted by molar-refractivity contribution is -0.136. The lowest BCUT2D eigenvalue weighted by atomic mass is 9.99. The van der Waals surface area contributed by atoms with Crippen LogP contribution >= 0.6 is 0 Å². The number of hydrogen-bond donors (Lipinski definition) is 1. The molecule has 9 heteroatoms. The van der Waals surface area contributed by atoms with Crippen molar-refractivity contribution in [3.8, 4) is 22.4 Å². The Balaban J connectivity index is 1.45. The quantitative estimate of drug-likeness (QED) is 0.606. The van der Waals surface area contributed by atoms with Crippen LogP contribution < -0.4 is 5.32 Å². The maximum atomic E-state index is 13.0. The van der Waals surface area contributed by atoms with Crippen LogP contribution in [0.5, 0.6) is 0 Å². The van der Waals surface area contributed by atoms with E-state index in [-0.39, 0.29) is 18.2 Å². The number of aryl methyl sites for hydroxylation is 1. The third-order valence-electron chi connectivity index (χ3n) is 6.23. The fourth-order valence-electron chi connectivity index (χ4n) is 4.69. The van der Waals surface area contributed by atoms with E-state index < -0.39 is 11.9 Å². The second-order valence-corrected chi connectivity index (χ2v) is 9.15. The summed E-state index contributed by atoms with van der Waals surface area (Å²) in [6.45, 7) is 5.49. The number of aromatic nitrogens is 4. The largest absolute Gasteiger partial charge is 0.322 e. The topological polar surface area (TPSA) is 102 Å². The first-order valence-electron chi connectivity index (χ1n) is 11.1. The second kappa shape index (κ2) is 7.99. The van der Waals surface area contributed by atoms with Gasteiger partial charge in [0.1, 0.15) is 6.04 Å². The van der Waals surface area contributed by atoms with Crippen LogP contribution in [0.2, 0.25) is 0 Å². The molecule has 3 amide bonds. The van der Waals surface area contributed by atoms with E-state index in [1.165, 1.54) is 0 Å². The van der Waals surface area contributed by atoms with Crippen LogP contribution in [0.15, 0.2) is 36.8 Å². The van der Waals surface area contributed by atoms with Gasteiger partial charge in [0.15, 0.2) is 0 Å². The van der Waals surface area contributed by atoms with E-state index >= 15 is 0 Å². The minimum absolute atomic E-state index is 0.174. The van der Waals surface area contributed by atoms with Gasteiger partial charge in [-0.05, 0) is 35.6 Å². The molecule has 1 N–H and O–H groups in total. The zero-order valence-corrected chi connectivity index (χ0v) is 18.9. The van der Waals surface area contributed by atoms with Crippen LogP contribution in [0, 0.1) is 5.92 Å². The molecule has 2 aliphatic rings. The van der Waals surface area contributed by atoms with Gasteiger partial charge >= 0.3 is 0 Å². The monoisotopic (exact) mass is 446 g/mol. The second-order valence-electron chi connectivity index (χ2n) is 9.15. The number of benzene rings is 1. The summed E-state index contributed by atoms with van der Waals surface area (Å²) in [5.41, 5.74) is 5.30. The predicted octanol–water partition coefficient (Wildman–Crippen LogP) is 2.37. The van der Waals surface area contributed by atoms with Crippen molar-refractivity contribution in [3.05, 3.63) is 47.9 Å². The summed E-state index contributed by atoms with van der Waals surface area (Å²) in [5.74, 6) is -0.373. The van der Waals surface area contributed by atoms with E-state index in [0.717, 1.165) is 34.5 Å². The van der Waals surface area contributed by atoms with Gasteiger partial charge in [0.2, 0.25) is 11.8 Å². The number of hydrogen-bond acceptors (Lipinski definition) is 5. The van der Waals surface area contributed by atoms with Crippen LogP contribution in [0.3, 0.4) is 0 Å². The Labute approximate surface area is 191 Å². The highest BCUT2D eigenvalue weighted by Crippen LogP contribution is 2.35. The van der Waals surface area contributed by atoms with Gasteiger partial charge in [-0.15, -0.1) is 0 Å². The van der Waals surface area contributed by atoms with Gasteiger partial charge in [0.25, 0.3) is 5.91 Å². The summed E-state index contributed by atoms with van der Waals surface area (Å²) >= 11 is 0. The molecule has 1 unspecified atom stereocenters. The summed E-state index contributed by atoms with van der Waals surface area (Å²) in [7, 11) is 1.90. The molecule has 4 heterocycles. The minimum Gasteiger partial charge on any atom is -0.322 e. The van der Waals surface area contributed by atoms with Crippen molar-refractivity contribution < 1.29 is 14.4 Å². The van der Waals surface area contributed by atoms with Gasteiger partial charge in [-0.1, -0.05) is 19.9 Å². The van der Waals surface area contributed by atoms with E-state index in [4.69, 9.17) is 0 Å². The highest BCUT2D eigenvalue weighted by molar-refractivity contribution is 6.05. The third kappa shape index (κ3) is 3.73. The van der Waals surface area contributed by atoms with E-state index in [0.29, 0.717) is 24.4 Å². The molecule has 5 rings (SSSR count). The average Bonchev–Trinajstić information content (AvgIpc) is 3.45. The van der Waals surface area contributed by atoms with Gasteiger partial charge in [0.05, 0.1) is 18.1 Å². The van der Waals surface area contributed by atoms with Gasteiger partial charge < -0.3 is 4.90 Å². The Hall–Kier alpha value is -3.75. The number of carbonyl (C=O) groups is 3. The molecule has 9 nitrogen and oxygen atoms in total. The predicted molar refractivity (Wildman–Crippen MR) is 121 cm³/mol. The first-order chi connectivity index (χ1) is 15.8. The SMILES string of the molecule is CC(C)Cn1cc(-c2c(-c3ccc4c(c3)CN(C3CCC(=O)NC3=O)C4=O)cnn2C)cn1. The van der Waals surface area contributed by atoms with Crippen LogP contribution in [0.1, 0.15) is 42.6 Å². The fraction of sp³-hybridized carbons (Fsp3) is 0.375. The minimum atomic E-state index is -0.619. The highest BCUT2D eigenvalue weighted by atomic mass is 16.2. The van der Waals surface area contributed by atoms with Crippen molar-refractivity contribution in [1.29, 1.82) is 0 Å². The first kappa shape index (κ1) is 21.1. The molecule has 2 aliphatic heterocycles. The molecule has 1 fully saturated rings. The summed E-state index contributed by atoms with van der Waals surface area (Å²) in [5, 5.41) is 11.3. The molecule has 0 aliphatic carbocycles. The number of nitrogens with zero attached hydrogens (tertiary/aromatic N) is 5. The molecule has 33 heavy (non-hydrogen) atoms. The summed E-state index contributed by atoms with van der Waals surface area (Å²) in [6, 6.07) is 5.12. The molecule has 0 saturated carbocycles. The molecule has 170 valence electrons. The number of piperidine rings is 1. The fourth-order valence-corrected chi connectivity index (χ4v) is 4.69. The Morgan fingerprint density at radius 3 is 2.67 bits per heavy atom. The van der Waals surface area contributed by atoms with Gasteiger partial charge in [-0.3, -0.25) is 29.1 Å². The van der Waals surface area contributed by atoms with Gasteiger partial charge in [-0.2, -0.15) is 10.2 Å². The molecule has 0 bridgehead atoms. The number of amides is 3. The first-order valence-corrected chi connectivity index (χ1v) is 11.1. The number of fused-ring (bicyclic) bond motifs is 1. The van der Waals surface area contributed by atoms with E-state index in [1.807, 2.05) is 53.2 Å². The van der Waals surface area contributed by atoms with Crippen LogP contribution in [0.4, 0.5) is 0 Å². The van der Waals surface area contributed by atoms with E-state index in [9.17, 15) is 14.4 Å². The Morgan fingerprint density at radius 2 is 1.91 bits per heavy atom. The summed E-state index contributed by atoms with van der Waals surface area (Å²) in [4.78, 5) is 38.3. The van der Waals surface area contributed by atoms with E-state index in [2.05, 4.69) is 29.4 Å². The van der Waals surface area contributed by atoms with Crippen molar-refractivity contribution in [2.24, 2.45) is 13.0 Å². The average molecular weight is 447 g/mol. The standard InChI is InChI=1S/C24H26N6O3/c1-14(2)11-29-12-17(9-26-29)22-19(10-25-28(22)3)15-4-5-18-16(8-15)13-30(24(18)33)20-6-7-21(31)27-23(20)32/h4-5,8-10,12,14,20H,6-7,11,13H2,1-3H3,(H,27,31,32). The third-order valence-corrected chi connectivity index (χ3v) is 6.23. The van der Waals surface area contributed by atoms with Crippen molar-refractivity contribution in [2.75, 3.05) is 0 Å². The number of carbonyl (C=O) groups excluding carboxylic acids is 3. The lowest BCUT2D eigenvalue weighted by Gasteiger charge is -2.29. The molecular formula is C24H26N6O3. The number of rotatable bonds is 5. The number of nitrogens with one attached hydrogen (secondary N) is 1. The van der Waals surface area contributed by atoms with Crippen molar-refractivity contribution in [3.63, 3.8) is 0 Å². The Bertz CT molecular complexity index is 1270. The summed E-state index contributed by atoms with van der Waals surface area (Å²) < 4.78 is 3.77. The smallest absolute Gasteiger partial charge is 0.255 e. The van der Waals surface area contributed by atoms with Crippen molar-refractivity contribution in [2.45, 2.75) is 45.8 Å². The van der Waals surface area contributed by atoms with Crippen molar-refractivity contribution >= 4 is 17.7 Å².